The molecule has 2 heterocycles. The van der Waals surface area contributed by atoms with Gasteiger partial charge in [0.05, 0.1) is 5.69 Å². The van der Waals surface area contributed by atoms with Gasteiger partial charge in [0.1, 0.15) is 0 Å². The SMILES string of the molecule is CNCc1cc(-c2ccc3c(c2)OCO3)on1. The maximum Gasteiger partial charge on any atom is 0.231 e. The minimum absolute atomic E-state index is 0.278. The van der Waals surface area contributed by atoms with E-state index in [-0.39, 0.29) is 6.79 Å². The lowest BCUT2D eigenvalue weighted by Gasteiger charge is -1.98. The topological polar surface area (TPSA) is 56.5 Å². The van der Waals surface area contributed by atoms with Crippen LogP contribution in [0.15, 0.2) is 28.8 Å². The number of benzene rings is 1. The Morgan fingerprint density at radius 3 is 3.00 bits per heavy atom. The number of aromatic nitrogens is 1. The highest BCUT2D eigenvalue weighted by molar-refractivity contribution is 5.63. The molecule has 1 aliphatic rings. The van der Waals surface area contributed by atoms with Gasteiger partial charge in [-0.2, -0.15) is 0 Å². The van der Waals surface area contributed by atoms with E-state index in [0.29, 0.717) is 6.54 Å². The molecule has 0 spiro atoms. The highest BCUT2D eigenvalue weighted by Gasteiger charge is 2.15. The Kier molecular flexibility index (Phi) is 2.45. The molecule has 0 amide bonds. The van der Waals surface area contributed by atoms with Crippen LogP contribution in [-0.2, 0) is 6.54 Å². The van der Waals surface area contributed by atoms with Crippen molar-refractivity contribution < 1.29 is 14.0 Å². The molecule has 0 saturated heterocycles. The van der Waals surface area contributed by atoms with Gasteiger partial charge >= 0.3 is 0 Å². The van der Waals surface area contributed by atoms with Crippen LogP contribution >= 0.6 is 0 Å². The van der Waals surface area contributed by atoms with Crippen LogP contribution in [0, 0.1) is 0 Å². The predicted octanol–water partition coefficient (Wildman–Crippen LogP) is 1.79. The smallest absolute Gasteiger partial charge is 0.231 e. The van der Waals surface area contributed by atoms with Gasteiger partial charge in [-0.1, -0.05) is 5.16 Å². The van der Waals surface area contributed by atoms with E-state index < -0.39 is 0 Å². The lowest BCUT2D eigenvalue weighted by Crippen LogP contribution is -2.04. The fourth-order valence-corrected chi connectivity index (χ4v) is 1.76. The molecule has 0 atom stereocenters. The summed E-state index contributed by atoms with van der Waals surface area (Å²) in [6.07, 6.45) is 0. The van der Waals surface area contributed by atoms with Gasteiger partial charge in [-0.25, -0.2) is 0 Å². The molecular weight excluding hydrogens is 220 g/mol. The molecule has 0 bridgehead atoms. The second-order valence-electron chi connectivity index (χ2n) is 3.78. The van der Waals surface area contributed by atoms with Gasteiger partial charge in [0.15, 0.2) is 17.3 Å². The van der Waals surface area contributed by atoms with E-state index in [0.717, 1.165) is 28.5 Å². The molecule has 0 unspecified atom stereocenters. The van der Waals surface area contributed by atoms with E-state index in [1.54, 1.807) is 0 Å². The maximum absolute atomic E-state index is 5.32. The first-order valence-corrected chi connectivity index (χ1v) is 5.37. The lowest BCUT2D eigenvalue weighted by molar-refractivity contribution is 0.174. The number of rotatable bonds is 3. The van der Waals surface area contributed by atoms with Crippen molar-refractivity contribution in [2.45, 2.75) is 6.54 Å². The van der Waals surface area contributed by atoms with Gasteiger partial charge in [0.2, 0.25) is 6.79 Å². The zero-order valence-electron chi connectivity index (χ0n) is 9.40. The van der Waals surface area contributed by atoms with Crippen molar-refractivity contribution in [2.24, 2.45) is 0 Å². The first-order valence-electron chi connectivity index (χ1n) is 5.37. The Balaban J connectivity index is 1.92. The fraction of sp³-hybridized carbons (Fsp3) is 0.250. The van der Waals surface area contributed by atoms with Crippen molar-refractivity contribution >= 4 is 0 Å². The minimum Gasteiger partial charge on any atom is -0.454 e. The molecule has 1 aromatic carbocycles. The molecular formula is C12H12N2O3. The molecule has 0 fully saturated rings. The Morgan fingerprint density at radius 1 is 1.24 bits per heavy atom. The average molecular weight is 232 g/mol. The number of hydrogen-bond acceptors (Lipinski definition) is 5. The van der Waals surface area contributed by atoms with Crippen LogP contribution in [0.1, 0.15) is 5.69 Å². The second kappa shape index (κ2) is 4.10. The first kappa shape index (κ1) is 10.2. The number of hydrogen-bond donors (Lipinski definition) is 1. The van der Waals surface area contributed by atoms with Crippen molar-refractivity contribution in [3.63, 3.8) is 0 Å². The Hall–Kier alpha value is -2.01. The summed E-state index contributed by atoms with van der Waals surface area (Å²) in [6, 6.07) is 7.61. The van der Waals surface area contributed by atoms with E-state index in [2.05, 4.69) is 10.5 Å². The molecule has 5 heteroatoms. The monoisotopic (exact) mass is 232 g/mol. The van der Waals surface area contributed by atoms with E-state index in [9.17, 15) is 0 Å². The first-order chi connectivity index (χ1) is 8.36. The van der Waals surface area contributed by atoms with Crippen molar-refractivity contribution in [3.05, 3.63) is 30.0 Å². The van der Waals surface area contributed by atoms with Gasteiger partial charge < -0.3 is 19.3 Å². The molecule has 1 aromatic heterocycles. The van der Waals surface area contributed by atoms with Gasteiger partial charge in [-0.05, 0) is 25.2 Å². The van der Waals surface area contributed by atoms with Crippen LogP contribution in [0.2, 0.25) is 0 Å². The molecule has 17 heavy (non-hydrogen) atoms. The van der Waals surface area contributed by atoms with Crippen LogP contribution in [0.5, 0.6) is 11.5 Å². The summed E-state index contributed by atoms with van der Waals surface area (Å²) < 4.78 is 15.8. The molecule has 88 valence electrons. The number of ether oxygens (including phenoxy) is 2. The van der Waals surface area contributed by atoms with Gasteiger partial charge in [-0.15, -0.1) is 0 Å². The maximum atomic E-state index is 5.32. The van der Waals surface area contributed by atoms with Crippen molar-refractivity contribution in [1.82, 2.24) is 10.5 Å². The van der Waals surface area contributed by atoms with E-state index in [1.165, 1.54) is 0 Å². The van der Waals surface area contributed by atoms with E-state index in [1.807, 2.05) is 31.3 Å². The third-order valence-corrected chi connectivity index (χ3v) is 2.57. The third-order valence-electron chi connectivity index (χ3n) is 2.57. The minimum atomic E-state index is 0.278. The Morgan fingerprint density at radius 2 is 2.12 bits per heavy atom. The summed E-state index contributed by atoms with van der Waals surface area (Å²) in [5, 5.41) is 6.99. The summed E-state index contributed by atoms with van der Waals surface area (Å²) in [7, 11) is 1.87. The van der Waals surface area contributed by atoms with Crippen molar-refractivity contribution in [1.29, 1.82) is 0 Å². The zero-order chi connectivity index (χ0) is 11.7. The summed E-state index contributed by atoms with van der Waals surface area (Å²) in [5.74, 6) is 2.24. The van der Waals surface area contributed by atoms with Crippen LogP contribution in [0.25, 0.3) is 11.3 Å². The van der Waals surface area contributed by atoms with E-state index in [4.69, 9.17) is 14.0 Å². The van der Waals surface area contributed by atoms with Crippen LogP contribution in [-0.4, -0.2) is 19.0 Å². The number of nitrogens with zero attached hydrogens (tertiary/aromatic N) is 1. The zero-order valence-corrected chi connectivity index (χ0v) is 9.40. The summed E-state index contributed by atoms with van der Waals surface area (Å²) in [6.45, 7) is 0.967. The number of fused-ring (bicyclic) bond motifs is 1. The average Bonchev–Trinajstić information content (AvgIpc) is 2.96. The van der Waals surface area contributed by atoms with Crippen LogP contribution in [0.3, 0.4) is 0 Å². The second-order valence-corrected chi connectivity index (χ2v) is 3.78. The standard InChI is InChI=1S/C12H12N2O3/c1-13-6-9-5-11(17-14-9)8-2-3-10-12(4-8)16-7-15-10/h2-5,13H,6-7H2,1H3. The molecule has 0 aliphatic carbocycles. The lowest BCUT2D eigenvalue weighted by atomic mass is 10.1. The third kappa shape index (κ3) is 1.85. The highest BCUT2D eigenvalue weighted by atomic mass is 16.7. The van der Waals surface area contributed by atoms with E-state index >= 15 is 0 Å². The van der Waals surface area contributed by atoms with Crippen LogP contribution < -0.4 is 14.8 Å². The van der Waals surface area contributed by atoms with Crippen LogP contribution in [0.4, 0.5) is 0 Å². The fourth-order valence-electron chi connectivity index (χ4n) is 1.76. The molecule has 3 rings (SSSR count). The molecule has 1 aliphatic heterocycles. The van der Waals surface area contributed by atoms with Gasteiger partial charge in [0, 0.05) is 18.2 Å². The normalized spacial score (nSPS) is 13.0. The van der Waals surface area contributed by atoms with Gasteiger partial charge in [-0.3, -0.25) is 0 Å². The summed E-state index contributed by atoms with van der Waals surface area (Å²) in [4.78, 5) is 0. The Bertz CT molecular complexity index is 536. The quantitative estimate of drug-likeness (QED) is 0.874. The Labute approximate surface area is 98.3 Å². The predicted molar refractivity (Wildman–Crippen MR) is 60.8 cm³/mol. The van der Waals surface area contributed by atoms with Gasteiger partial charge in [0.25, 0.3) is 0 Å². The summed E-state index contributed by atoms with van der Waals surface area (Å²) in [5.41, 5.74) is 1.81. The number of nitrogens with one attached hydrogen (secondary N) is 1. The largest absolute Gasteiger partial charge is 0.454 e. The van der Waals surface area contributed by atoms with Crippen molar-refractivity contribution in [3.8, 4) is 22.8 Å². The molecule has 5 nitrogen and oxygen atoms in total. The van der Waals surface area contributed by atoms with Crippen molar-refractivity contribution in [2.75, 3.05) is 13.8 Å². The molecule has 0 saturated carbocycles. The molecule has 1 N–H and O–H groups in total. The summed E-state index contributed by atoms with van der Waals surface area (Å²) >= 11 is 0. The molecule has 2 aromatic rings. The molecule has 0 radical (unpaired) electrons. The highest BCUT2D eigenvalue weighted by Crippen LogP contribution is 2.35.